The van der Waals surface area contributed by atoms with Crippen molar-refractivity contribution in [1.82, 2.24) is 0 Å². The van der Waals surface area contributed by atoms with Crippen molar-refractivity contribution in [3.05, 3.63) is 12.2 Å². The molecule has 1 N–H and O–H groups in total. The van der Waals surface area contributed by atoms with E-state index in [2.05, 4.69) is 27.7 Å². The summed E-state index contributed by atoms with van der Waals surface area (Å²) in [5, 5.41) is 9.43. The molecule has 0 spiro atoms. The Labute approximate surface area is 197 Å². The Morgan fingerprint density at radius 2 is 1.22 bits per heavy atom. The molecule has 0 saturated heterocycles. The van der Waals surface area contributed by atoms with Gasteiger partial charge < -0.3 is 9.84 Å². The number of unbranched alkanes of at least 4 members (excludes halogenated alkanes) is 9. The van der Waals surface area contributed by atoms with Gasteiger partial charge in [-0.3, -0.25) is 9.59 Å². The third-order valence-electron chi connectivity index (χ3n) is 6.63. The fraction of sp³-hybridized carbons (Fsp3) is 0.857. The van der Waals surface area contributed by atoms with Crippen molar-refractivity contribution < 1.29 is 19.4 Å². The van der Waals surface area contributed by atoms with Crippen molar-refractivity contribution >= 4 is 11.9 Å². The number of rotatable bonds is 18. The van der Waals surface area contributed by atoms with Crippen LogP contribution in [0.15, 0.2) is 12.2 Å². The predicted molar refractivity (Wildman–Crippen MR) is 133 cm³/mol. The number of ether oxygens (including phenoxy) is 1. The minimum absolute atomic E-state index is 0.0892. The van der Waals surface area contributed by atoms with Crippen LogP contribution in [0, 0.1) is 23.7 Å². The highest BCUT2D eigenvalue weighted by Gasteiger charge is 2.36. The van der Waals surface area contributed by atoms with Crippen LogP contribution in [0.25, 0.3) is 0 Å². The first-order valence-corrected chi connectivity index (χ1v) is 13.4. The van der Waals surface area contributed by atoms with E-state index in [1.54, 1.807) is 0 Å². The molecule has 1 aliphatic carbocycles. The highest BCUT2D eigenvalue weighted by atomic mass is 16.5. The van der Waals surface area contributed by atoms with E-state index in [1.165, 1.54) is 64.2 Å². The number of aliphatic carboxylic acids is 1. The van der Waals surface area contributed by atoms with E-state index in [9.17, 15) is 14.7 Å². The Bertz CT molecular complexity index is 538. The Morgan fingerprint density at radius 3 is 1.69 bits per heavy atom. The number of carboxylic acids is 1. The Kier molecular flexibility index (Phi) is 15.4. The Morgan fingerprint density at radius 1 is 0.750 bits per heavy atom. The van der Waals surface area contributed by atoms with Crippen molar-refractivity contribution in [1.29, 1.82) is 0 Å². The quantitative estimate of drug-likeness (QED) is 0.131. The normalized spacial score (nSPS) is 19.4. The van der Waals surface area contributed by atoms with Crippen LogP contribution >= 0.6 is 0 Å². The molecule has 0 aliphatic heterocycles. The first-order valence-electron chi connectivity index (χ1n) is 13.4. The van der Waals surface area contributed by atoms with Gasteiger partial charge in [-0.2, -0.15) is 0 Å². The minimum atomic E-state index is -0.896. The van der Waals surface area contributed by atoms with Gasteiger partial charge in [-0.15, -0.1) is 0 Å². The van der Waals surface area contributed by atoms with Gasteiger partial charge in [0.2, 0.25) is 0 Å². The van der Waals surface area contributed by atoms with Crippen molar-refractivity contribution in [2.45, 2.75) is 130 Å². The van der Waals surface area contributed by atoms with Crippen LogP contribution in [-0.2, 0) is 14.3 Å². The Hall–Kier alpha value is -1.32. The lowest BCUT2D eigenvalue weighted by Crippen LogP contribution is -2.34. The molecule has 0 aromatic rings. The number of allylic oxidation sites excluding steroid dienone is 2. The third-order valence-corrected chi connectivity index (χ3v) is 6.63. The lowest BCUT2D eigenvalue weighted by Gasteiger charge is -2.27. The number of hydrogen-bond acceptors (Lipinski definition) is 3. The molecule has 0 bridgehead atoms. The summed E-state index contributed by atoms with van der Waals surface area (Å²) in [6, 6.07) is 0. The zero-order valence-electron chi connectivity index (χ0n) is 21.3. The first kappa shape index (κ1) is 28.7. The average molecular weight is 451 g/mol. The van der Waals surface area contributed by atoms with Gasteiger partial charge in [0.1, 0.15) is 6.10 Å². The van der Waals surface area contributed by atoms with Crippen LogP contribution in [0.5, 0.6) is 0 Å². The zero-order chi connectivity index (χ0) is 23.8. The number of hydrogen-bond donors (Lipinski definition) is 1. The molecule has 1 aliphatic rings. The van der Waals surface area contributed by atoms with Crippen LogP contribution in [0.3, 0.4) is 0 Å². The minimum Gasteiger partial charge on any atom is -0.481 e. The third kappa shape index (κ3) is 13.3. The van der Waals surface area contributed by atoms with Crippen LogP contribution < -0.4 is 0 Å². The van der Waals surface area contributed by atoms with Gasteiger partial charge in [-0.05, 0) is 43.9 Å². The number of carbonyl (C=O) groups is 2. The summed E-state index contributed by atoms with van der Waals surface area (Å²) in [6.07, 6.45) is 20.7. The SMILES string of the molecule is CC(C)CCCCCCCCCCCCC(CC(C)C)OC(=O)C1CC=CCC1C(=O)O. The van der Waals surface area contributed by atoms with Crippen molar-refractivity contribution in [2.24, 2.45) is 23.7 Å². The molecule has 3 atom stereocenters. The van der Waals surface area contributed by atoms with E-state index >= 15 is 0 Å². The molecule has 0 saturated carbocycles. The van der Waals surface area contributed by atoms with E-state index in [0.717, 1.165) is 25.2 Å². The van der Waals surface area contributed by atoms with E-state index in [4.69, 9.17) is 4.74 Å². The number of carbonyl (C=O) groups excluding carboxylic acids is 1. The summed E-state index contributed by atoms with van der Waals surface area (Å²) in [4.78, 5) is 24.2. The molecule has 0 radical (unpaired) electrons. The molecule has 186 valence electrons. The second-order valence-corrected chi connectivity index (χ2v) is 10.7. The largest absolute Gasteiger partial charge is 0.481 e. The molecule has 4 nitrogen and oxygen atoms in total. The van der Waals surface area contributed by atoms with Crippen LogP contribution in [0.1, 0.15) is 124 Å². The molecule has 0 amide bonds. The van der Waals surface area contributed by atoms with Crippen molar-refractivity contribution in [2.75, 3.05) is 0 Å². The van der Waals surface area contributed by atoms with Gasteiger partial charge in [0, 0.05) is 0 Å². The maximum Gasteiger partial charge on any atom is 0.310 e. The fourth-order valence-corrected chi connectivity index (χ4v) is 4.69. The molecule has 3 unspecified atom stereocenters. The van der Waals surface area contributed by atoms with Crippen molar-refractivity contribution in [3.63, 3.8) is 0 Å². The molecule has 32 heavy (non-hydrogen) atoms. The average Bonchev–Trinajstić information content (AvgIpc) is 2.73. The van der Waals surface area contributed by atoms with Gasteiger partial charge in [0.25, 0.3) is 0 Å². The van der Waals surface area contributed by atoms with Gasteiger partial charge in [-0.1, -0.05) is 104 Å². The monoisotopic (exact) mass is 450 g/mol. The summed E-state index contributed by atoms with van der Waals surface area (Å²) >= 11 is 0. The fourth-order valence-electron chi connectivity index (χ4n) is 4.69. The summed E-state index contributed by atoms with van der Waals surface area (Å²) in [5.41, 5.74) is 0. The van der Waals surface area contributed by atoms with E-state index < -0.39 is 17.8 Å². The number of esters is 1. The summed E-state index contributed by atoms with van der Waals surface area (Å²) < 4.78 is 5.85. The molecular formula is C28H50O4. The second kappa shape index (κ2) is 17.2. The molecular weight excluding hydrogens is 400 g/mol. The maximum atomic E-state index is 12.7. The zero-order valence-corrected chi connectivity index (χ0v) is 21.3. The number of carboxylic acid groups (broad SMARTS) is 1. The first-order chi connectivity index (χ1) is 15.3. The standard InChI is InChI=1S/C28H50O4/c1-22(2)17-13-11-9-7-5-6-8-10-12-14-18-24(21-23(3)4)32-28(31)26-20-16-15-19-25(26)27(29)30/h15-16,22-26H,5-14,17-21H2,1-4H3,(H,29,30). The molecule has 0 fully saturated rings. The van der Waals surface area contributed by atoms with Crippen LogP contribution in [-0.4, -0.2) is 23.1 Å². The van der Waals surface area contributed by atoms with Gasteiger partial charge in [0.15, 0.2) is 0 Å². The second-order valence-electron chi connectivity index (χ2n) is 10.7. The molecule has 4 heteroatoms. The van der Waals surface area contributed by atoms with Gasteiger partial charge >= 0.3 is 11.9 Å². The maximum absolute atomic E-state index is 12.7. The summed E-state index contributed by atoms with van der Waals surface area (Å²) in [6.45, 7) is 8.90. The lowest BCUT2D eigenvalue weighted by molar-refractivity contribution is -0.162. The summed E-state index contributed by atoms with van der Waals surface area (Å²) in [7, 11) is 0. The van der Waals surface area contributed by atoms with Crippen molar-refractivity contribution in [3.8, 4) is 0 Å². The smallest absolute Gasteiger partial charge is 0.310 e. The highest BCUT2D eigenvalue weighted by molar-refractivity contribution is 5.81. The van der Waals surface area contributed by atoms with E-state index in [1.807, 2.05) is 12.2 Å². The molecule has 0 aromatic carbocycles. The van der Waals surface area contributed by atoms with Gasteiger partial charge in [-0.25, -0.2) is 0 Å². The molecule has 0 aromatic heterocycles. The van der Waals surface area contributed by atoms with Crippen LogP contribution in [0.2, 0.25) is 0 Å². The molecule has 1 rings (SSSR count). The van der Waals surface area contributed by atoms with Gasteiger partial charge in [0.05, 0.1) is 11.8 Å². The van der Waals surface area contributed by atoms with Crippen LogP contribution in [0.4, 0.5) is 0 Å². The molecule has 0 heterocycles. The lowest BCUT2D eigenvalue weighted by atomic mass is 9.83. The predicted octanol–water partition coefficient (Wildman–Crippen LogP) is 7.95. The summed E-state index contributed by atoms with van der Waals surface area (Å²) in [5.74, 6) is -1.12. The van der Waals surface area contributed by atoms with E-state index in [0.29, 0.717) is 18.8 Å². The topological polar surface area (TPSA) is 63.6 Å². The van der Waals surface area contributed by atoms with E-state index in [-0.39, 0.29) is 12.1 Å². The Balaban J connectivity index is 2.21. The highest BCUT2D eigenvalue weighted by Crippen LogP contribution is 2.28.